The Labute approximate surface area is 138 Å². The number of carbonyl (C=O) groups excluding carboxylic acids is 1. The lowest BCUT2D eigenvalue weighted by Crippen LogP contribution is -2.11. The number of hydrogen-bond donors (Lipinski definition) is 2. The molecule has 0 bridgehead atoms. The SMILES string of the molecule is NC(=O)c1ccc(CNc2ccc(-c3ccc(F)cc3)nn2)cc1. The molecule has 1 aromatic heterocycles. The maximum absolute atomic E-state index is 12.9. The topological polar surface area (TPSA) is 80.9 Å². The Kier molecular flexibility index (Phi) is 4.47. The zero-order valence-electron chi connectivity index (χ0n) is 12.7. The highest BCUT2D eigenvalue weighted by atomic mass is 19.1. The fourth-order valence-electron chi connectivity index (χ4n) is 2.18. The lowest BCUT2D eigenvalue weighted by Gasteiger charge is -2.06. The Balaban J connectivity index is 1.63. The zero-order valence-corrected chi connectivity index (χ0v) is 12.7. The molecule has 6 heteroatoms. The molecule has 0 spiro atoms. The predicted octanol–water partition coefficient (Wildman–Crippen LogP) is 2.99. The van der Waals surface area contributed by atoms with Gasteiger partial charge in [-0.25, -0.2) is 4.39 Å². The summed E-state index contributed by atoms with van der Waals surface area (Å²) in [5.74, 6) is -0.107. The number of halogens is 1. The van der Waals surface area contributed by atoms with Gasteiger partial charge in [-0.05, 0) is 54.1 Å². The first kappa shape index (κ1) is 15.6. The van der Waals surface area contributed by atoms with E-state index in [2.05, 4.69) is 15.5 Å². The Hall–Kier alpha value is -3.28. The van der Waals surface area contributed by atoms with E-state index < -0.39 is 5.91 Å². The number of nitrogens with zero attached hydrogens (tertiary/aromatic N) is 2. The molecule has 24 heavy (non-hydrogen) atoms. The standard InChI is InChI=1S/C18H15FN4O/c19-15-7-5-13(6-8-15)16-9-10-17(23-22-16)21-11-12-1-3-14(4-2-12)18(20)24/h1-10H,11H2,(H2,20,24)(H,21,23). The third kappa shape index (κ3) is 3.73. The molecule has 1 amide bonds. The van der Waals surface area contributed by atoms with Gasteiger partial charge in [0, 0.05) is 17.7 Å². The van der Waals surface area contributed by atoms with Gasteiger partial charge >= 0.3 is 0 Å². The summed E-state index contributed by atoms with van der Waals surface area (Å²) in [5.41, 5.74) is 8.15. The van der Waals surface area contributed by atoms with Crippen LogP contribution in [0.3, 0.4) is 0 Å². The van der Waals surface area contributed by atoms with Crippen LogP contribution in [0, 0.1) is 5.82 Å². The van der Waals surface area contributed by atoms with Gasteiger partial charge in [-0.3, -0.25) is 4.79 Å². The Morgan fingerprint density at radius 1 is 0.958 bits per heavy atom. The van der Waals surface area contributed by atoms with Gasteiger partial charge in [0.1, 0.15) is 11.6 Å². The minimum Gasteiger partial charge on any atom is -0.366 e. The Morgan fingerprint density at radius 3 is 2.25 bits per heavy atom. The van der Waals surface area contributed by atoms with Crippen molar-refractivity contribution in [1.29, 1.82) is 0 Å². The van der Waals surface area contributed by atoms with Crippen LogP contribution in [0.4, 0.5) is 10.2 Å². The van der Waals surface area contributed by atoms with Gasteiger partial charge in [0.2, 0.25) is 5.91 Å². The van der Waals surface area contributed by atoms with Crippen LogP contribution in [-0.2, 0) is 6.54 Å². The number of nitrogens with two attached hydrogens (primary N) is 1. The number of anilines is 1. The minimum absolute atomic E-state index is 0.285. The van der Waals surface area contributed by atoms with Gasteiger partial charge in [-0.1, -0.05) is 12.1 Å². The van der Waals surface area contributed by atoms with Gasteiger partial charge in [0.15, 0.2) is 0 Å². The molecular formula is C18H15FN4O. The Bertz CT molecular complexity index is 830. The first-order chi connectivity index (χ1) is 11.6. The molecule has 0 fully saturated rings. The van der Waals surface area contributed by atoms with Gasteiger partial charge in [-0.2, -0.15) is 0 Å². The van der Waals surface area contributed by atoms with E-state index in [-0.39, 0.29) is 5.82 Å². The second kappa shape index (κ2) is 6.87. The van der Waals surface area contributed by atoms with Crippen LogP contribution in [0.25, 0.3) is 11.3 Å². The van der Waals surface area contributed by atoms with Crippen LogP contribution in [0.1, 0.15) is 15.9 Å². The number of rotatable bonds is 5. The minimum atomic E-state index is -0.447. The molecule has 120 valence electrons. The van der Waals surface area contributed by atoms with E-state index in [9.17, 15) is 9.18 Å². The molecule has 0 aliphatic carbocycles. The number of nitrogens with one attached hydrogen (secondary N) is 1. The zero-order chi connectivity index (χ0) is 16.9. The summed E-state index contributed by atoms with van der Waals surface area (Å²) in [5, 5.41) is 11.4. The molecule has 0 unspecified atom stereocenters. The molecule has 0 aliphatic heterocycles. The third-order valence-electron chi connectivity index (χ3n) is 3.52. The highest BCUT2D eigenvalue weighted by Gasteiger charge is 2.03. The van der Waals surface area contributed by atoms with E-state index in [1.807, 2.05) is 24.3 Å². The summed E-state index contributed by atoms with van der Waals surface area (Å²) in [6.45, 7) is 0.545. The second-order valence-corrected chi connectivity index (χ2v) is 5.23. The van der Waals surface area contributed by atoms with Crippen molar-refractivity contribution in [3.05, 3.63) is 77.6 Å². The summed E-state index contributed by atoms with van der Waals surface area (Å²) in [6, 6.07) is 16.7. The highest BCUT2D eigenvalue weighted by molar-refractivity contribution is 5.92. The molecule has 0 atom stereocenters. The molecule has 0 saturated carbocycles. The molecular weight excluding hydrogens is 307 g/mol. The van der Waals surface area contributed by atoms with Crippen molar-refractivity contribution >= 4 is 11.7 Å². The normalized spacial score (nSPS) is 10.4. The second-order valence-electron chi connectivity index (χ2n) is 5.23. The average molecular weight is 322 g/mol. The fourth-order valence-corrected chi connectivity index (χ4v) is 2.18. The fraction of sp³-hybridized carbons (Fsp3) is 0.0556. The summed E-state index contributed by atoms with van der Waals surface area (Å²) in [4.78, 5) is 11.0. The van der Waals surface area contributed by atoms with Crippen molar-refractivity contribution < 1.29 is 9.18 Å². The largest absolute Gasteiger partial charge is 0.366 e. The predicted molar refractivity (Wildman–Crippen MR) is 89.7 cm³/mol. The van der Waals surface area contributed by atoms with E-state index in [4.69, 9.17) is 5.73 Å². The van der Waals surface area contributed by atoms with E-state index in [1.165, 1.54) is 12.1 Å². The number of amides is 1. The van der Waals surface area contributed by atoms with E-state index in [0.717, 1.165) is 11.1 Å². The first-order valence-corrected chi connectivity index (χ1v) is 7.34. The molecule has 5 nitrogen and oxygen atoms in total. The van der Waals surface area contributed by atoms with Crippen molar-refractivity contribution in [3.8, 4) is 11.3 Å². The number of aromatic nitrogens is 2. The molecule has 3 N–H and O–H groups in total. The molecule has 3 rings (SSSR count). The maximum atomic E-state index is 12.9. The molecule has 0 saturated heterocycles. The van der Waals surface area contributed by atoms with Gasteiger partial charge in [-0.15, -0.1) is 10.2 Å². The van der Waals surface area contributed by atoms with Crippen LogP contribution in [0.15, 0.2) is 60.7 Å². The van der Waals surface area contributed by atoms with Gasteiger partial charge in [0.25, 0.3) is 0 Å². The molecule has 1 heterocycles. The van der Waals surface area contributed by atoms with Crippen molar-refractivity contribution in [1.82, 2.24) is 10.2 Å². The van der Waals surface area contributed by atoms with Crippen molar-refractivity contribution in [2.75, 3.05) is 5.32 Å². The monoisotopic (exact) mass is 322 g/mol. The van der Waals surface area contributed by atoms with E-state index in [0.29, 0.717) is 23.6 Å². The summed E-state index contributed by atoms with van der Waals surface area (Å²) in [7, 11) is 0. The van der Waals surface area contributed by atoms with Crippen molar-refractivity contribution in [2.45, 2.75) is 6.54 Å². The van der Waals surface area contributed by atoms with Crippen molar-refractivity contribution in [3.63, 3.8) is 0 Å². The van der Waals surface area contributed by atoms with Gasteiger partial charge in [0.05, 0.1) is 5.69 Å². The lowest BCUT2D eigenvalue weighted by molar-refractivity contribution is 0.100. The smallest absolute Gasteiger partial charge is 0.248 e. The lowest BCUT2D eigenvalue weighted by atomic mass is 10.1. The summed E-state index contributed by atoms with van der Waals surface area (Å²) < 4.78 is 12.9. The van der Waals surface area contributed by atoms with E-state index >= 15 is 0 Å². The first-order valence-electron chi connectivity index (χ1n) is 7.34. The maximum Gasteiger partial charge on any atom is 0.248 e. The average Bonchev–Trinajstić information content (AvgIpc) is 2.61. The van der Waals surface area contributed by atoms with Crippen molar-refractivity contribution in [2.24, 2.45) is 5.73 Å². The molecule has 3 aromatic rings. The van der Waals surface area contributed by atoms with Crippen LogP contribution in [-0.4, -0.2) is 16.1 Å². The van der Waals surface area contributed by atoms with Crippen LogP contribution >= 0.6 is 0 Å². The van der Waals surface area contributed by atoms with Crippen LogP contribution in [0.5, 0.6) is 0 Å². The number of primary amides is 1. The number of benzene rings is 2. The van der Waals surface area contributed by atoms with Gasteiger partial charge < -0.3 is 11.1 Å². The van der Waals surface area contributed by atoms with Crippen LogP contribution in [0.2, 0.25) is 0 Å². The quantitative estimate of drug-likeness (QED) is 0.756. The number of hydrogen-bond acceptors (Lipinski definition) is 4. The number of carbonyl (C=O) groups is 1. The van der Waals surface area contributed by atoms with E-state index in [1.54, 1.807) is 24.3 Å². The highest BCUT2D eigenvalue weighted by Crippen LogP contribution is 2.17. The van der Waals surface area contributed by atoms with Crippen LogP contribution < -0.4 is 11.1 Å². The molecule has 2 aromatic carbocycles. The summed E-state index contributed by atoms with van der Waals surface area (Å²) >= 11 is 0. The molecule has 0 radical (unpaired) electrons. The summed E-state index contributed by atoms with van der Waals surface area (Å²) in [6.07, 6.45) is 0. The molecule has 0 aliphatic rings. The third-order valence-corrected chi connectivity index (χ3v) is 3.52. The Morgan fingerprint density at radius 2 is 1.67 bits per heavy atom.